The second-order valence-corrected chi connectivity index (χ2v) is 6.33. The Morgan fingerprint density at radius 1 is 1.24 bits per heavy atom. The van der Waals surface area contributed by atoms with Crippen LogP contribution in [0.5, 0.6) is 0 Å². The summed E-state index contributed by atoms with van der Waals surface area (Å²) >= 11 is 7.11. The molecule has 1 N–H and O–H groups in total. The van der Waals surface area contributed by atoms with Gasteiger partial charge in [0.25, 0.3) is 5.91 Å². The fourth-order valence-corrected chi connectivity index (χ4v) is 3.40. The molecular weight excluding hydrogens is 300 g/mol. The molecule has 1 heterocycles. The molecule has 0 aliphatic carbocycles. The van der Waals surface area contributed by atoms with Crippen LogP contribution in [0.2, 0.25) is 0 Å². The van der Waals surface area contributed by atoms with E-state index >= 15 is 0 Å². The maximum absolute atomic E-state index is 12.6. The van der Waals surface area contributed by atoms with E-state index in [-0.39, 0.29) is 11.9 Å². The van der Waals surface area contributed by atoms with E-state index in [2.05, 4.69) is 5.32 Å². The molecule has 3 nitrogen and oxygen atoms in total. The smallest absolute Gasteiger partial charge is 0.255 e. The molecule has 0 radical (unpaired) electrons. The van der Waals surface area contributed by atoms with E-state index < -0.39 is 0 Å². The first-order chi connectivity index (χ1) is 10.2. The molecule has 1 amide bonds. The molecule has 0 aromatic heterocycles. The standard InChI is InChI=1S/C16H16N2OS2/c1-21-10-9-13-15(19)18(16(20)17-13)14-8-4-6-11-5-2-3-7-12(11)14/h2-8,13H,9-10H2,1H3,(H,17,20)/t13-/m1/s1. The maximum atomic E-state index is 12.6. The van der Waals surface area contributed by atoms with Crippen molar-refractivity contribution in [2.75, 3.05) is 16.9 Å². The summed E-state index contributed by atoms with van der Waals surface area (Å²) in [5.74, 6) is 0.987. The van der Waals surface area contributed by atoms with Gasteiger partial charge in [-0.15, -0.1) is 0 Å². The van der Waals surface area contributed by atoms with Gasteiger partial charge in [0.1, 0.15) is 6.04 Å². The van der Waals surface area contributed by atoms with Gasteiger partial charge in [0.2, 0.25) is 0 Å². The third kappa shape index (κ3) is 2.63. The summed E-state index contributed by atoms with van der Waals surface area (Å²) in [7, 11) is 0. The number of carbonyl (C=O) groups is 1. The van der Waals surface area contributed by atoms with Crippen LogP contribution in [-0.2, 0) is 4.79 Å². The summed E-state index contributed by atoms with van der Waals surface area (Å²) in [6.07, 6.45) is 2.83. The second-order valence-electron chi connectivity index (χ2n) is 4.96. The van der Waals surface area contributed by atoms with Crippen LogP contribution in [0.15, 0.2) is 42.5 Å². The summed E-state index contributed by atoms with van der Waals surface area (Å²) in [5.41, 5.74) is 0.863. The van der Waals surface area contributed by atoms with Gasteiger partial charge in [-0.2, -0.15) is 11.8 Å². The predicted octanol–water partition coefficient (Wildman–Crippen LogP) is 3.18. The first-order valence-electron chi connectivity index (χ1n) is 6.83. The number of nitrogens with one attached hydrogen (secondary N) is 1. The van der Waals surface area contributed by atoms with Gasteiger partial charge in [0.15, 0.2) is 5.11 Å². The Kier molecular flexibility index (Phi) is 4.12. The van der Waals surface area contributed by atoms with Crippen LogP contribution in [-0.4, -0.2) is 29.1 Å². The normalized spacial score (nSPS) is 18.3. The number of hydrogen-bond donors (Lipinski definition) is 1. The van der Waals surface area contributed by atoms with Crippen LogP contribution in [0.4, 0.5) is 5.69 Å². The Hall–Kier alpha value is -1.59. The zero-order valence-electron chi connectivity index (χ0n) is 11.7. The maximum Gasteiger partial charge on any atom is 0.255 e. The number of amides is 1. The van der Waals surface area contributed by atoms with E-state index in [1.807, 2.05) is 48.7 Å². The van der Waals surface area contributed by atoms with Crippen LogP contribution in [0.3, 0.4) is 0 Å². The number of hydrogen-bond acceptors (Lipinski definition) is 3. The van der Waals surface area contributed by atoms with Crippen molar-refractivity contribution in [3.8, 4) is 0 Å². The van der Waals surface area contributed by atoms with Gasteiger partial charge in [-0.3, -0.25) is 9.69 Å². The highest BCUT2D eigenvalue weighted by molar-refractivity contribution is 7.98. The molecule has 1 atom stereocenters. The number of nitrogens with zero attached hydrogens (tertiary/aromatic N) is 1. The molecule has 1 aliphatic rings. The lowest BCUT2D eigenvalue weighted by Gasteiger charge is -2.17. The first kappa shape index (κ1) is 14.4. The molecule has 2 aromatic carbocycles. The zero-order valence-corrected chi connectivity index (χ0v) is 13.3. The molecule has 0 spiro atoms. The van der Waals surface area contributed by atoms with Gasteiger partial charge < -0.3 is 5.32 Å². The predicted molar refractivity (Wildman–Crippen MR) is 94.0 cm³/mol. The van der Waals surface area contributed by atoms with Crippen LogP contribution in [0.25, 0.3) is 10.8 Å². The number of thioether (sulfide) groups is 1. The Morgan fingerprint density at radius 2 is 2.00 bits per heavy atom. The summed E-state index contributed by atoms with van der Waals surface area (Å²) in [6.45, 7) is 0. The molecule has 5 heteroatoms. The number of benzene rings is 2. The number of anilines is 1. The molecule has 0 unspecified atom stereocenters. The largest absolute Gasteiger partial charge is 0.350 e. The minimum absolute atomic E-state index is 0.0467. The molecule has 3 rings (SSSR count). The number of carbonyl (C=O) groups excluding carboxylic acids is 1. The Labute approximate surface area is 133 Å². The lowest BCUT2D eigenvalue weighted by Crippen LogP contribution is -2.31. The summed E-state index contributed by atoms with van der Waals surface area (Å²) in [6, 6.07) is 13.8. The molecule has 1 aliphatic heterocycles. The molecule has 1 saturated heterocycles. The van der Waals surface area contributed by atoms with Crippen LogP contribution >= 0.6 is 24.0 Å². The topological polar surface area (TPSA) is 32.3 Å². The monoisotopic (exact) mass is 316 g/mol. The minimum atomic E-state index is -0.205. The summed E-state index contributed by atoms with van der Waals surface area (Å²) < 4.78 is 0. The fraction of sp³-hybridized carbons (Fsp3) is 0.250. The van der Waals surface area contributed by atoms with Crippen molar-refractivity contribution >= 4 is 51.5 Å². The van der Waals surface area contributed by atoms with E-state index in [9.17, 15) is 4.79 Å². The van der Waals surface area contributed by atoms with Gasteiger partial charge in [-0.25, -0.2) is 0 Å². The van der Waals surface area contributed by atoms with Crippen molar-refractivity contribution in [1.82, 2.24) is 5.32 Å². The molecule has 108 valence electrons. The molecule has 2 aromatic rings. The van der Waals surface area contributed by atoms with Crippen LogP contribution < -0.4 is 10.2 Å². The third-order valence-corrected chi connectivity index (χ3v) is 4.58. The molecule has 0 bridgehead atoms. The van der Waals surface area contributed by atoms with Crippen molar-refractivity contribution in [3.05, 3.63) is 42.5 Å². The molecule has 1 fully saturated rings. The van der Waals surface area contributed by atoms with E-state index in [1.54, 1.807) is 16.7 Å². The molecular formula is C16H16N2OS2. The minimum Gasteiger partial charge on any atom is -0.350 e. The highest BCUT2D eigenvalue weighted by atomic mass is 32.2. The third-order valence-electron chi connectivity index (χ3n) is 3.64. The van der Waals surface area contributed by atoms with Gasteiger partial charge in [0, 0.05) is 5.39 Å². The molecule has 0 saturated carbocycles. The highest BCUT2D eigenvalue weighted by Gasteiger charge is 2.36. The first-order valence-corrected chi connectivity index (χ1v) is 8.64. The average molecular weight is 316 g/mol. The molecule has 21 heavy (non-hydrogen) atoms. The highest BCUT2D eigenvalue weighted by Crippen LogP contribution is 2.29. The SMILES string of the molecule is CSCC[C@H]1NC(=S)N(c2cccc3ccccc23)C1=O. The lowest BCUT2D eigenvalue weighted by molar-refractivity contribution is -0.118. The van der Waals surface area contributed by atoms with E-state index in [0.717, 1.165) is 28.6 Å². The number of rotatable bonds is 4. The zero-order chi connectivity index (χ0) is 14.8. The van der Waals surface area contributed by atoms with Gasteiger partial charge in [0.05, 0.1) is 5.69 Å². The Bertz CT molecular complexity index is 696. The van der Waals surface area contributed by atoms with Crippen LogP contribution in [0, 0.1) is 0 Å². The number of fused-ring (bicyclic) bond motifs is 1. The van der Waals surface area contributed by atoms with Crippen molar-refractivity contribution in [2.24, 2.45) is 0 Å². The van der Waals surface area contributed by atoms with Gasteiger partial charge in [-0.1, -0.05) is 36.4 Å². The van der Waals surface area contributed by atoms with Crippen molar-refractivity contribution in [3.63, 3.8) is 0 Å². The van der Waals surface area contributed by atoms with E-state index in [1.165, 1.54) is 0 Å². The Balaban J connectivity index is 1.99. The van der Waals surface area contributed by atoms with Crippen molar-refractivity contribution in [2.45, 2.75) is 12.5 Å². The van der Waals surface area contributed by atoms with Crippen molar-refractivity contribution in [1.29, 1.82) is 0 Å². The van der Waals surface area contributed by atoms with E-state index in [0.29, 0.717) is 5.11 Å². The summed E-state index contributed by atoms with van der Waals surface area (Å²) in [4.78, 5) is 14.3. The van der Waals surface area contributed by atoms with E-state index in [4.69, 9.17) is 12.2 Å². The average Bonchev–Trinajstić information content (AvgIpc) is 2.79. The summed E-state index contributed by atoms with van der Waals surface area (Å²) in [5, 5.41) is 5.80. The lowest BCUT2D eigenvalue weighted by atomic mass is 10.1. The van der Waals surface area contributed by atoms with Gasteiger partial charge >= 0.3 is 0 Å². The fourth-order valence-electron chi connectivity index (χ4n) is 2.59. The van der Waals surface area contributed by atoms with Crippen LogP contribution in [0.1, 0.15) is 6.42 Å². The number of thiocarbonyl (C=S) groups is 1. The Morgan fingerprint density at radius 3 is 2.81 bits per heavy atom. The second kappa shape index (κ2) is 6.03. The quantitative estimate of drug-likeness (QED) is 0.878. The van der Waals surface area contributed by atoms with Gasteiger partial charge in [-0.05, 0) is 42.1 Å². The van der Waals surface area contributed by atoms with Crippen molar-refractivity contribution < 1.29 is 4.79 Å².